The average Bonchev–Trinajstić information content (AvgIpc) is 3.29. The van der Waals surface area contributed by atoms with Crippen LogP contribution in [0.5, 0.6) is 0 Å². The highest BCUT2D eigenvalue weighted by Gasteiger charge is 2.22. The number of hydrogen-bond donors (Lipinski definition) is 0. The molecule has 0 spiro atoms. The normalized spacial score (nSPS) is 14.7. The van der Waals surface area contributed by atoms with Crippen LogP contribution in [0, 0.1) is 12.8 Å². The summed E-state index contributed by atoms with van der Waals surface area (Å²) in [4.78, 5) is 31.4. The Morgan fingerprint density at radius 2 is 1.88 bits per heavy atom. The van der Waals surface area contributed by atoms with Crippen molar-refractivity contribution in [1.29, 1.82) is 0 Å². The summed E-state index contributed by atoms with van der Waals surface area (Å²) < 4.78 is 2.30. The molecule has 0 N–H and O–H groups in total. The fourth-order valence-corrected chi connectivity index (χ4v) is 6.36. The van der Waals surface area contributed by atoms with Crippen LogP contribution < -0.4 is 10.6 Å². The van der Waals surface area contributed by atoms with E-state index in [-0.39, 0.29) is 11.7 Å². The Labute approximate surface area is 249 Å². The third-order valence-electron chi connectivity index (χ3n) is 7.40. The zero-order valence-corrected chi connectivity index (χ0v) is 25.1. The maximum absolute atomic E-state index is 13.5. The SMILES string of the molecule is CCn1c2c(c3cc(/C(CCCSc4ccc(Cl)cc4)=N/OC(C)=O)ccc31)=CC(C(=O)c1ccccc1C)CC=2. The van der Waals surface area contributed by atoms with Crippen LogP contribution in [0.4, 0.5) is 0 Å². The highest BCUT2D eigenvalue weighted by atomic mass is 35.5. The highest BCUT2D eigenvalue weighted by Crippen LogP contribution is 2.24. The molecule has 0 fully saturated rings. The molecule has 4 aromatic rings. The van der Waals surface area contributed by atoms with Crippen LogP contribution in [-0.4, -0.2) is 27.8 Å². The molecule has 1 unspecified atom stereocenters. The first kappa shape index (κ1) is 28.9. The first-order chi connectivity index (χ1) is 19.9. The van der Waals surface area contributed by atoms with E-state index in [1.54, 1.807) is 11.8 Å². The molecule has 1 aliphatic carbocycles. The van der Waals surface area contributed by atoms with Crippen molar-refractivity contribution in [2.45, 2.75) is 51.5 Å². The third-order valence-corrected chi connectivity index (χ3v) is 8.75. The van der Waals surface area contributed by atoms with Crippen LogP contribution >= 0.6 is 23.4 Å². The molecule has 1 heterocycles. The minimum atomic E-state index is -0.450. The third kappa shape index (κ3) is 6.50. The van der Waals surface area contributed by atoms with Crippen molar-refractivity contribution in [1.82, 2.24) is 4.57 Å². The Bertz CT molecular complexity index is 1760. The maximum atomic E-state index is 13.5. The van der Waals surface area contributed by atoms with Gasteiger partial charge in [0.15, 0.2) is 5.78 Å². The lowest BCUT2D eigenvalue weighted by Crippen LogP contribution is -2.34. The molecule has 5 rings (SSSR count). The van der Waals surface area contributed by atoms with E-state index < -0.39 is 5.97 Å². The van der Waals surface area contributed by atoms with Crippen LogP contribution in [0.2, 0.25) is 5.02 Å². The van der Waals surface area contributed by atoms with Crippen molar-refractivity contribution < 1.29 is 14.4 Å². The van der Waals surface area contributed by atoms with Crippen LogP contribution in [0.25, 0.3) is 23.1 Å². The molecule has 5 nitrogen and oxygen atoms in total. The van der Waals surface area contributed by atoms with Crippen molar-refractivity contribution in [3.8, 4) is 0 Å². The average molecular weight is 585 g/mol. The Kier molecular flexibility index (Phi) is 9.11. The summed E-state index contributed by atoms with van der Waals surface area (Å²) in [6.07, 6.45) is 6.51. The summed E-state index contributed by atoms with van der Waals surface area (Å²) in [6.45, 7) is 6.30. The molecular weight excluding hydrogens is 552 g/mol. The van der Waals surface area contributed by atoms with Gasteiger partial charge < -0.3 is 9.40 Å². The smallest absolute Gasteiger partial charge is 0.331 e. The van der Waals surface area contributed by atoms with E-state index >= 15 is 0 Å². The van der Waals surface area contributed by atoms with E-state index in [1.807, 2.05) is 61.5 Å². The molecule has 0 bridgehead atoms. The molecule has 1 aliphatic rings. The number of aromatic nitrogens is 1. The number of carbonyl (C=O) groups is 2. The minimum Gasteiger partial charge on any atom is -0.341 e. The standard InChI is InChI=1S/C34H33ClN2O3S/c1-4-37-32-17-11-24(31(36-40-23(3)38)10-7-19-41-27-15-13-26(35)14-16-27)20-29(32)30-21-25(12-18-33(30)37)34(39)28-9-6-5-8-22(28)2/h5-6,8-9,11,13-18,20-21,25H,4,7,10,12,19H2,1-3H3/b36-31+. The van der Waals surface area contributed by atoms with Gasteiger partial charge in [0.1, 0.15) is 0 Å². The summed E-state index contributed by atoms with van der Waals surface area (Å²) >= 11 is 7.76. The molecule has 3 aromatic carbocycles. The predicted molar refractivity (Wildman–Crippen MR) is 169 cm³/mol. The van der Waals surface area contributed by atoms with Gasteiger partial charge in [-0.3, -0.25) is 4.79 Å². The van der Waals surface area contributed by atoms with Crippen molar-refractivity contribution in [3.05, 3.63) is 99.0 Å². The van der Waals surface area contributed by atoms with Crippen molar-refractivity contribution >= 4 is 63.9 Å². The largest absolute Gasteiger partial charge is 0.341 e. The molecular formula is C34H33ClN2O3S. The molecule has 0 radical (unpaired) electrons. The number of benzene rings is 3. The zero-order valence-electron chi connectivity index (χ0n) is 23.5. The van der Waals surface area contributed by atoms with Gasteiger partial charge in [-0.2, -0.15) is 0 Å². The van der Waals surface area contributed by atoms with Crippen LogP contribution in [0.1, 0.15) is 54.6 Å². The first-order valence-corrected chi connectivity index (χ1v) is 15.3. The Hall–Kier alpha value is -3.61. The van der Waals surface area contributed by atoms with E-state index in [0.717, 1.165) is 72.5 Å². The summed E-state index contributed by atoms with van der Waals surface area (Å²) in [5, 5.41) is 8.27. The maximum Gasteiger partial charge on any atom is 0.331 e. The molecule has 0 aliphatic heterocycles. The molecule has 41 heavy (non-hydrogen) atoms. The number of rotatable bonds is 10. The summed E-state index contributed by atoms with van der Waals surface area (Å²) in [5.74, 6) is 0.362. The van der Waals surface area contributed by atoms with Crippen LogP contribution in [0.3, 0.4) is 0 Å². The van der Waals surface area contributed by atoms with Crippen molar-refractivity contribution in [3.63, 3.8) is 0 Å². The number of oxime groups is 1. The van der Waals surface area contributed by atoms with E-state index in [9.17, 15) is 9.59 Å². The Balaban J connectivity index is 1.47. The topological polar surface area (TPSA) is 60.7 Å². The number of aryl methyl sites for hydroxylation is 2. The second kappa shape index (κ2) is 12.9. The number of nitrogens with zero attached hydrogens (tertiary/aromatic N) is 2. The number of ketones is 1. The number of fused-ring (bicyclic) bond motifs is 3. The molecule has 1 aromatic heterocycles. The Morgan fingerprint density at radius 3 is 2.61 bits per heavy atom. The Morgan fingerprint density at radius 1 is 1.10 bits per heavy atom. The molecule has 210 valence electrons. The lowest BCUT2D eigenvalue weighted by atomic mass is 9.89. The number of Topliss-reactive ketones (excluding diaryl/α,β-unsaturated/α-hetero) is 1. The van der Waals surface area contributed by atoms with E-state index in [4.69, 9.17) is 16.4 Å². The summed E-state index contributed by atoms with van der Waals surface area (Å²) in [6, 6.07) is 21.9. The van der Waals surface area contributed by atoms with E-state index in [0.29, 0.717) is 12.8 Å². The van der Waals surface area contributed by atoms with Gasteiger partial charge in [0.05, 0.1) is 5.71 Å². The molecule has 1 atom stereocenters. The summed E-state index contributed by atoms with van der Waals surface area (Å²) in [7, 11) is 0. The van der Waals surface area contributed by atoms with Gasteiger partial charge in [0, 0.05) is 61.9 Å². The first-order valence-electron chi connectivity index (χ1n) is 13.9. The van der Waals surface area contributed by atoms with Crippen molar-refractivity contribution in [2.24, 2.45) is 11.1 Å². The molecule has 7 heteroatoms. The minimum absolute atomic E-state index is 0.147. The second-order valence-electron chi connectivity index (χ2n) is 10.2. The van der Waals surface area contributed by atoms with Crippen LogP contribution in [0.15, 0.2) is 76.8 Å². The highest BCUT2D eigenvalue weighted by molar-refractivity contribution is 7.99. The van der Waals surface area contributed by atoms with Gasteiger partial charge in [0.25, 0.3) is 0 Å². The fraction of sp³-hybridized carbons (Fsp3) is 0.265. The van der Waals surface area contributed by atoms with Gasteiger partial charge in [0.2, 0.25) is 0 Å². The van der Waals surface area contributed by atoms with Gasteiger partial charge in [-0.25, -0.2) is 4.79 Å². The number of carbonyl (C=O) groups excluding carboxylic acids is 2. The number of thioether (sulfide) groups is 1. The van der Waals surface area contributed by atoms with Crippen LogP contribution in [-0.2, 0) is 16.2 Å². The second-order valence-corrected chi connectivity index (χ2v) is 11.8. The molecule has 0 saturated carbocycles. The van der Waals surface area contributed by atoms with E-state index in [2.05, 4.69) is 40.9 Å². The van der Waals surface area contributed by atoms with Gasteiger partial charge >= 0.3 is 5.97 Å². The van der Waals surface area contributed by atoms with Gasteiger partial charge in [-0.1, -0.05) is 59.2 Å². The number of halogens is 1. The lowest BCUT2D eigenvalue weighted by Gasteiger charge is -2.14. The van der Waals surface area contributed by atoms with Crippen molar-refractivity contribution in [2.75, 3.05) is 5.75 Å². The zero-order chi connectivity index (χ0) is 28.9. The number of hydrogen-bond acceptors (Lipinski definition) is 5. The molecule has 0 saturated heterocycles. The van der Waals surface area contributed by atoms with Gasteiger partial charge in [-0.05, 0) is 80.8 Å². The fourth-order valence-electron chi connectivity index (χ4n) is 5.38. The van der Waals surface area contributed by atoms with E-state index in [1.165, 1.54) is 6.92 Å². The quantitative estimate of drug-likeness (QED) is 0.0506. The summed E-state index contributed by atoms with van der Waals surface area (Å²) in [5.41, 5.74) is 4.52. The predicted octanol–water partition coefficient (Wildman–Crippen LogP) is 6.93. The monoisotopic (exact) mass is 584 g/mol. The molecule has 0 amide bonds. The lowest BCUT2D eigenvalue weighted by molar-refractivity contribution is -0.140. The van der Waals surface area contributed by atoms with Gasteiger partial charge in [-0.15, -0.1) is 11.8 Å².